The molecule has 3 atom stereocenters. The summed E-state index contributed by atoms with van der Waals surface area (Å²) in [6, 6.07) is 1.02. The number of carbonyl (C=O) groups is 1. The highest BCUT2D eigenvalue weighted by Crippen LogP contribution is 2.34. The first-order valence-electron chi connectivity index (χ1n) is 7.92. The third-order valence-corrected chi connectivity index (χ3v) is 4.91. The van der Waals surface area contributed by atoms with E-state index < -0.39 is 5.60 Å². The van der Waals surface area contributed by atoms with Crippen LogP contribution in [-0.4, -0.2) is 71.2 Å². The lowest BCUT2D eigenvalue weighted by Crippen LogP contribution is -2.54. The van der Waals surface area contributed by atoms with Crippen molar-refractivity contribution in [1.82, 2.24) is 15.1 Å². The number of β-amino-alcohol motifs (C(OH)–C–C–N with tert-alkyl or cyclic N) is 1. The molecule has 2 bridgehead atoms. The van der Waals surface area contributed by atoms with E-state index in [2.05, 4.69) is 10.2 Å². The summed E-state index contributed by atoms with van der Waals surface area (Å²) in [5.41, 5.74) is -0.652. The molecule has 3 fully saturated rings. The Morgan fingerprint density at radius 3 is 2.45 bits per heavy atom. The fraction of sp³-hybridized carbons (Fsp3) is 0.933. The summed E-state index contributed by atoms with van der Waals surface area (Å²) in [5, 5.41) is 13.4. The highest BCUT2D eigenvalue weighted by atomic mass is 16.3. The van der Waals surface area contributed by atoms with E-state index in [1.807, 2.05) is 18.7 Å². The maximum atomic E-state index is 12.6. The second kappa shape index (κ2) is 5.28. The van der Waals surface area contributed by atoms with Gasteiger partial charge in [-0.25, -0.2) is 0 Å². The van der Waals surface area contributed by atoms with Gasteiger partial charge in [0, 0.05) is 44.8 Å². The summed E-state index contributed by atoms with van der Waals surface area (Å²) in [5.74, 6) is 0.571. The molecular formula is C15H27N3O2. The molecule has 0 aliphatic carbocycles. The molecule has 2 N–H and O–H groups in total. The van der Waals surface area contributed by atoms with E-state index in [1.165, 1.54) is 12.8 Å². The van der Waals surface area contributed by atoms with Crippen LogP contribution >= 0.6 is 0 Å². The maximum absolute atomic E-state index is 12.6. The highest BCUT2D eigenvalue weighted by molar-refractivity contribution is 5.80. The first-order valence-corrected chi connectivity index (χ1v) is 7.92. The zero-order chi connectivity index (χ0) is 14.3. The minimum absolute atomic E-state index is 0.217. The smallest absolute Gasteiger partial charge is 0.227 e. The Labute approximate surface area is 121 Å². The maximum Gasteiger partial charge on any atom is 0.227 e. The lowest BCUT2D eigenvalue weighted by atomic mass is 9.88. The molecule has 5 heteroatoms. The molecule has 0 aromatic heterocycles. The van der Waals surface area contributed by atoms with Crippen LogP contribution < -0.4 is 5.32 Å². The molecule has 3 heterocycles. The van der Waals surface area contributed by atoms with Gasteiger partial charge < -0.3 is 15.3 Å². The van der Waals surface area contributed by atoms with Gasteiger partial charge in [0.25, 0.3) is 0 Å². The Kier molecular flexibility index (Phi) is 3.77. The van der Waals surface area contributed by atoms with Crippen LogP contribution in [0.3, 0.4) is 0 Å². The minimum atomic E-state index is -0.652. The normalized spacial score (nSPS) is 34.8. The van der Waals surface area contributed by atoms with E-state index >= 15 is 0 Å². The largest absolute Gasteiger partial charge is 0.389 e. The number of nitrogens with one attached hydrogen (secondary N) is 1. The van der Waals surface area contributed by atoms with Gasteiger partial charge in [-0.3, -0.25) is 9.69 Å². The van der Waals surface area contributed by atoms with Crippen LogP contribution in [0.2, 0.25) is 0 Å². The zero-order valence-corrected chi connectivity index (χ0v) is 12.6. The van der Waals surface area contributed by atoms with Gasteiger partial charge in [0.05, 0.1) is 11.5 Å². The summed E-state index contributed by atoms with van der Waals surface area (Å²) in [7, 11) is 0. The highest BCUT2D eigenvalue weighted by Gasteiger charge is 2.44. The molecule has 0 saturated carbocycles. The van der Waals surface area contributed by atoms with Crippen LogP contribution in [0.1, 0.15) is 33.1 Å². The SMILES string of the molecule is CC(C)(O)CN1CCN(C(=O)C2CC3CCC2N3)CC1. The zero-order valence-electron chi connectivity index (χ0n) is 12.6. The van der Waals surface area contributed by atoms with Gasteiger partial charge >= 0.3 is 0 Å². The van der Waals surface area contributed by atoms with Gasteiger partial charge in [0.1, 0.15) is 0 Å². The first-order chi connectivity index (χ1) is 9.42. The Hall–Kier alpha value is -0.650. The van der Waals surface area contributed by atoms with Gasteiger partial charge in [-0.05, 0) is 33.1 Å². The van der Waals surface area contributed by atoms with E-state index in [1.54, 1.807) is 0 Å². The molecule has 3 aliphatic rings. The van der Waals surface area contributed by atoms with Gasteiger partial charge in [-0.2, -0.15) is 0 Å². The Morgan fingerprint density at radius 1 is 1.25 bits per heavy atom. The predicted molar refractivity (Wildman–Crippen MR) is 77.4 cm³/mol. The molecule has 3 rings (SSSR count). The van der Waals surface area contributed by atoms with Crippen molar-refractivity contribution in [3.05, 3.63) is 0 Å². The van der Waals surface area contributed by atoms with Crippen molar-refractivity contribution in [3.8, 4) is 0 Å². The second-order valence-corrected chi connectivity index (χ2v) is 7.30. The number of aliphatic hydroxyl groups is 1. The fourth-order valence-electron chi connectivity index (χ4n) is 4.01. The number of carbonyl (C=O) groups excluding carboxylic acids is 1. The molecule has 3 unspecified atom stereocenters. The predicted octanol–water partition coefficient (Wildman–Crippen LogP) is 0.0420. The lowest BCUT2D eigenvalue weighted by molar-refractivity contribution is -0.138. The monoisotopic (exact) mass is 281 g/mol. The van der Waals surface area contributed by atoms with Crippen LogP contribution in [0, 0.1) is 5.92 Å². The fourth-order valence-corrected chi connectivity index (χ4v) is 4.01. The molecule has 3 saturated heterocycles. The van der Waals surface area contributed by atoms with Gasteiger partial charge in [0.2, 0.25) is 5.91 Å². The standard InChI is InChI=1S/C15H27N3O2/c1-15(2,20)10-17-5-7-18(8-6-17)14(19)12-9-11-3-4-13(12)16-11/h11-13,16,20H,3-10H2,1-2H3. The second-order valence-electron chi connectivity index (χ2n) is 7.30. The Morgan fingerprint density at radius 2 is 1.95 bits per heavy atom. The molecule has 0 aromatic rings. The van der Waals surface area contributed by atoms with Gasteiger partial charge in [-0.1, -0.05) is 0 Å². The van der Waals surface area contributed by atoms with E-state index in [-0.39, 0.29) is 5.92 Å². The summed E-state index contributed by atoms with van der Waals surface area (Å²) < 4.78 is 0. The van der Waals surface area contributed by atoms with E-state index in [4.69, 9.17) is 0 Å². The van der Waals surface area contributed by atoms with Gasteiger partial charge in [-0.15, -0.1) is 0 Å². The summed E-state index contributed by atoms with van der Waals surface area (Å²) in [6.45, 7) is 7.74. The number of rotatable bonds is 3. The summed E-state index contributed by atoms with van der Waals surface area (Å²) in [6.07, 6.45) is 3.45. The first kappa shape index (κ1) is 14.3. The van der Waals surface area contributed by atoms with Crippen LogP contribution in [0.15, 0.2) is 0 Å². The number of piperazine rings is 1. The Bertz CT molecular complexity index is 372. The van der Waals surface area contributed by atoms with Crippen molar-refractivity contribution in [2.45, 2.75) is 50.8 Å². The molecule has 20 heavy (non-hydrogen) atoms. The summed E-state index contributed by atoms with van der Waals surface area (Å²) in [4.78, 5) is 16.9. The Balaban J connectivity index is 1.50. The molecule has 114 valence electrons. The van der Waals surface area contributed by atoms with Crippen molar-refractivity contribution in [3.63, 3.8) is 0 Å². The number of nitrogens with zero attached hydrogens (tertiary/aromatic N) is 2. The number of amides is 1. The van der Waals surface area contributed by atoms with Crippen LogP contribution in [0.5, 0.6) is 0 Å². The van der Waals surface area contributed by atoms with Crippen LogP contribution in [-0.2, 0) is 4.79 Å². The van der Waals surface area contributed by atoms with Crippen LogP contribution in [0.25, 0.3) is 0 Å². The summed E-state index contributed by atoms with van der Waals surface area (Å²) >= 11 is 0. The molecule has 0 radical (unpaired) electrons. The van der Waals surface area contributed by atoms with Crippen molar-refractivity contribution in [2.75, 3.05) is 32.7 Å². The number of hydrogen-bond acceptors (Lipinski definition) is 4. The topological polar surface area (TPSA) is 55.8 Å². The van der Waals surface area contributed by atoms with Gasteiger partial charge in [0.15, 0.2) is 0 Å². The minimum Gasteiger partial charge on any atom is -0.389 e. The lowest BCUT2D eigenvalue weighted by Gasteiger charge is -2.38. The van der Waals surface area contributed by atoms with E-state index in [9.17, 15) is 9.90 Å². The third-order valence-electron chi connectivity index (χ3n) is 4.91. The van der Waals surface area contributed by atoms with E-state index in [0.29, 0.717) is 24.5 Å². The average Bonchev–Trinajstić information content (AvgIpc) is 2.99. The number of hydrogen-bond donors (Lipinski definition) is 2. The van der Waals surface area contributed by atoms with Crippen molar-refractivity contribution in [1.29, 1.82) is 0 Å². The molecule has 0 aromatic carbocycles. The quantitative estimate of drug-likeness (QED) is 0.767. The molecule has 0 spiro atoms. The molecular weight excluding hydrogens is 254 g/mol. The molecule has 1 amide bonds. The molecule has 5 nitrogen and oxygen atoms in total. The third kappa shape index (κ3) is 3.00. The van der Waals surface area contributed by atoms with E-state index in [0.717, 1.165) is 32.6 Å². The average molecular weight is 281 g/mol. The molecule has 3 aliphatic heterocycles. The van der Waals surface area contributed by atoms with Crippen molar-refractivity contribution >= 4 is 5.91 Å². The van der Waals surface area contributed by atoms with Crippen LogP contribution in [0.4, 0.5) is 0 Å². The number of fused-ring (bicyclic) bond motifs is 2. The van der Waals surface area contributed by atoms with Crippen molar-refractivity contribution < 1.29 is 9.90 Å². The van der Waals surface area contributed by atoms with Crippen molar-refractivity contribution in [2.24, 2.45) is 5.92 Å².